The summed E-state index contributed by atoms with van der Waals surface area (Å²) in [5, 5.41) is 11.2. The maximum atomic E-state index is 5.93. The highest BCUT2D eigenvalue weighted by Gasteiger charge is 2.31. The van der Waals surface area contributed by atoms with Crippen LogP contribution in [0.2, 0.25) is 0 Å². The molecule has 0 aromatic carbocycles. The summed E-state index contributed by atoms with van der Waals surface area (Å²) in [6.45, 7) is 9.21. The van der Waals surface area contributed by atoms with Crippen molar-refractivity contribution in [3.63, 3.8) is 0 Å². The van der Waals surface area contributed by atoms with Gasteiger partial charge in [-0.2, -0.15) is 5.10 Å². The smallest absolute Gasteiger partial charge is 0.103 e. The largest absolute Gasteiger partial charge is 0.372 e. The first-order valence-electron chi connectivity index (χ1n) is 8.20. The third-order valence-corrected chi connectivity index (χ3v) is 5.59. The van der Waals surface area contributed by atoms with E-state index in [4.69, 9.17) is 9.72 Å². The predicted octanol–water partition coefficient (Wildman–Crippen LogP) is 3.04. The predicted molar refractivity (Wildman–Crippen MR) is 92.5 cm³/mol. The summed E-state index contributed by atoms with van der Waals surface area (Å²) < 4.78 is 7.84. The summed E-state index contributed by atoms with van der Waals surface area (Å²) in [5.41, 5.74) is 2.43. The molecule has 23 heavy (non-hydrogen) atoms. The van der Waals surface area contributed by atoms with Crippen LogP contribution in [0.1, 0.15) is 49.7 Å². The van der Waals surface area contributed by atoms with Crippen molar-refractivity contribution in [2.45, 2.75) is 45.3 Å². The van der Waals surface area contributed by atoms with Crippen LogP contribution >= 0.6 is 11.3 Å². The standard InChI is InChI=1S/C17H26N4OS/c1-17(2,3)16-20-13(11-23-16)10-18-9-12-6-8-22-15(12)14-5-7-19-21(14)4/h5,7,11-12,15,18H,6,8-10H2,1-4H3/t12-,15+/m0/s1. The normalized spacial score (nSPS) is 21.9. The van der Waals surface area contributed by atoms with Gasteiger partial charge in [-0.1, -0.05) is 20.8 Å². The van der Waals surface area contributed by atoms with Crippen LogP contribution < -0.4 is 5.32 Å². The molecule has 2 atom stereocenters. The second-order valence-electron chi connectivity index (χ2n) is 7.24. The minimum atomic E-state index is 0.132. The molecule has 1 aliphatic heterocycles. The fourth-order valence-electron chi connectivity index (χ4n) is 2.95. The summed E-state index contributed by atoms with van der Waals surface area (Å²) in [6.07, 6.45) is 3.08. The van der Waals surface area contributed by atoms with Crippen LogP contribution in [0.25, 0.3) is 0 Å². The minimum absolute atomic E-state index is 0.132. The molecule has 0 amide bonds. The van der Waals surface area contributed by atoms with Gasteiger partial charge >= 0.3 is 0 Å². The second-order valence-corrected chi connectivity index (χ2v) is 8.10. The van der Waals surface area contributed by atoms with Crippen molar-refractivity contribution in [1.82, 2.24) is 20.1 Å². The van der Waals surface area contributed by atoms with E-state index >= 15 is 0 Å². The number of hydrogen-bond donors (Lipinski definition) is 1. The van der Waals surface area contributed by atoms with E-state index in [2.05, 4.69) is 42.6 Å². The molecule has 2 aromatic rings. The molecule has 126 valence electrons. The van der Waals surface area contributed by atoms with E-state index in [1.54, 1.807) is 11.3 Å². The van der Waals surface area contributed by atoms with Crippen molar-refractivity contribution in [1.29, 1.82) is 0 Å². The molecular formula is C17H26N4OS. The molecule has 3 heterocycles. The van der Waals surface area contributed by atoms with Crippen molar-refractivity contribution in [3.05, 3.63) is 34.0 Å². The van der Waals surface area contributed by atoms with Gasteiger partial charge in [0.2, 0.25) is 0 Å². The SMILES string of the molecule is Cn1nccc1[C@@H]1OCC[C@H]1CNCc1csc(C(C)(C)C)n1. The fourth-order valence-corrected chi connectivity index (χ4v) is 3.86. The van der Waals surface area contributed by atoms with E-state index in [1.165, 1.54) is 5.01 Å². The number of nitrogens with zero attached hydrogens (tertiary/aromatic N) is 3. The molecule has 1 aliphatic rings. The van der Waals surface area contributed by atoms with Gasteiger partial charge < -0.3 is 10.1 Å². The van der Waals surface area contributed by atoms with Crippen molar-refractivity contribution in [2.75, 3.05) is 13.2 Å². The van der Waals surface area contributed by atoms with Gasteiger partial charge in [0, 0.05) is 49.7 Å². The van der Waals surface area contributed by atoms with E-state index in [0.29, 0.717) is 5.92 Å². The first kappa shape index (κ1) is 16.6. The molecule has 2 aromatic heterocycles. The average Bonchev–Trinajstić information content (AvgIpc) is 3.18. The highest BCUT2D eigenvalue weighted by atomic mass is 32.1. The Bertz CT molecular complexity index is 643. The lowest BCUT2D eigenvalue weighted by molar-refractivity contribution is 0.0837. The number of aryl methyl sites for hydroxylation is 1. The molecule has 0 spiro atoms. The lowest BCUT2D eigenvalue weighted by atomic mass is 9.98. The lowest BCUT2D eigenvalue weighted by Gasteiger charge is -2.19. The first-order chi connectivity index (χ1) is 10.9. The van der Waals surface area contributed by atoms with Gasteiger partial charge in [-0.3, -0.25) is 4.68 Å². The van der Waals surface area contributed by atoms with E-state index in [9.17, 15) is 0 Å². The molecule has 0 radical (unpaired) electrons. The van der Waals surface area contributed by atoms with Crippen LogP contribution in [0.15, 0.2) is 17.6 Å². The molecule has 0 bridgehead atoms. The molecule has 0 saturated carbocycles. The molecule has 0 aliphatic carbocycles. The molecule has 0 unspecified atom stereocenters. The van der Waals surface area contributed by atoms with Gasteiger partial charge in [-0.15, -0.1) is 11.3 Å². The van der Waals surface area contributed by atoms with Gasteiger partial charge in [-0.05, 0) is 12.5 Å². The topological polar surface area (TPSA) is 52.0 Å². The number of ether oxygens (including phenoxy) is 1. The Kier molecular flexibility index (Phi) is 4.85. The number of aromatic nitrogens is 3. The summed E-state index contributed by atoms with van der Waals surface area (Å²) >= 11 is 1.75. The molecular weight excluding hydrogens is 308 g/mol. The van der Waals surface area contributed by atoms with E-state index in [-0.39, 0.29) is 11.5 Å². The van der Waals surface area contributed by atoms with Crippen molar-refractivity contribution < 1.29 is 4.74 Å². The highest BCUT2D eigenvalue weighted by Crippen LogP contribution is 2.33. The average molecular weight is 334 g/mol. The van der Waals surface area contributed by atoms with Crippen molar-refractivity contribution >= 4 is 11.3 Å². The molecule has 3 rings (SSSR count). The summed E-state index contributed by atoms with van der Waals surface area (Å²) in [6, 6.07) is 2.05. The third kappa shape index (κ3) is 3.82. The Hall–Kier alpha value is -1.24. The maximum absolute atomic E-state index is 5.93. The Morgan fingerprint density at radius 2 is 2.26 bits per heavy atom. The van der Waals surface area contributed by atoms with Crippen LogP contribution in [0.5, 0.6) is 0 Å². The maximum Gasteiger partial charge on any atom is 0.103 e. The van der Waals surface area contributed by atoms with Crippen molar-refractivity contribution in [2.24, 2.45) is 13.0 Å². The molecule has 1 N–H and O–H groups in total. The number of rotatable bonds is 5. The monoisotopic (exact) mass is 334 g/mol. The third-order valence-electron chi connectivity index (χ3n) is 4.27. The van der Waals surface area contributed by atoms with Crippen LogP contribution in [-0.4, -0.2) is 27.9 Å². The van der Waals surface area contributed by atoms with E-state index in [1.807, 2.05) is 17.9 Å². The van der Waals surface area contributed by atoms with E-state index in [0.717, 1.165) is 37.5 Å². The summed E-state index contributed by atoms with van der Waals surface area (Å²) in [4.78, 5) is 4.74. The molecule has 6 heteroatoms. The zero-order chi connectivity index (χ0) is 16.4. The van der Waals surface area contributed by atoms with Crippen LogP contribution in [-0.2, 0) is 23.7 Å². The lowest BCUT2D eigenvalue weighted by Crippen LogP contribution is -2.25. The molecule has 1 saturated heterocycles. The summed E-state index contributed by atoms with van der Waals surface area (Å²) in [5.74, 6) is 0.492. The first-order valence-corrected chi connectivity index (χ1v) is 9.08. The Labute approximate surface area is 142 Å². The highest BCUT2D eigenvalue weighted by molar-refractivity contribution is 7.09. The quantitative estimate of drug-likeness (QED) is 0.913. The van der Waals surface area contributed by atoms with Gasteiger partial charge in [0.15, 0.2) is 0 Å². The number of hydrogen-bond acceptors (Lipinski definition) is 5. The number of thiazole rings is 1. The zero-order valence-electron chi connectivity index (χ0n) is 14.4. The zero-order valence-corrected chi connectivity index (χ0v) is 15.2. The second kappa shape index (κ2) is 6.71. The summed E-state index contributed by atoms with van der Waals surface area (Å²) in [7, 11) is 1.98. The Balaban J connectivity index is 1.54. The van der Waals surface area contributed by atoms with Crippen LogP contribution in [0, 0.1) is 5.92 Å². The van der Waals surface area contributed by atoms with Crippen LogP contribution in [0.4, 0.5) is 0 Å². The van der Waals surface area contributed by atoms with Crippen molar-refractivity contribution in [3.8, 4) is 0 Å². The number of nitrogens with one attached hydrogen (secondary N) is 1. The Morgan fingerprint density at radius 3 is 2.91 bits per heavy atom. The van der Waals surface area contributed by atoms with Crippen LogP contribution in [0.3, 0.4) is 0 Å². The van der Waals surface area contributed by atoms with Gasteiger partial charge in [0.25, 0.3) is 0 Å². The molecule has 5 nitrogen and oxygen atoms in total. The van der Waals surface area contributed by atoms with Gasteiger partial charge in [0.1, 0.15) is 6.10 Å². The Morgan fingerprint density at radius 1 is 1.43 bits per heavy atom. The fraction of sp³-hybridized carbons (Fsp3) is 0.647. The molecule has 1 fully saturated rings. The van der Waals surface area contributed by atoms with E-state index < -0.39 is 0 Å². The van der Waals surface area contributed by atoms with Gasteiger partial charge in [-0.25, -0.2) is 4.98 Å². The minimum Gasteiger partial charge on any atom is -0.372 e. The van der Waals surface area contributed by atoms with Gasteiger partial charge in [0.05, 0.1) is 16.4 Å².